The first-order chi connectivity index (χ1) is 11.3. The summed E-state index contributed by atoms with van der Waals surface area (Å²) in [7, 11) is 0. The summed E-state index contributed by atoms with van der Waals surface area (Å²) >= 11 is 2.60. The molecule has 0 aliphatic heterocycles. The molecule has 126 valence electrons. The number of H-pyrrole nitrogens is 1. The number of anilines is 1. The van der Waals surface area contributed by atoms with Crippen molar-refractivity contribution in [3.05, 3.63) is 36.8 Å². The summed E-state index contributed by atoms with van der Waals surface area (Å²) in [5.41, 5.74) is -1.09. The second kappa shape index (κ2) is 6.29. The molecule has 0 aliphatic rings. The molecule has 0 saturated heterocycles. The van der Waals surface area contributed by atoms with Crippen LogP contribution in [0.4, 0.5) is 5.13 Å². The van der Waals surface area contributed by atoms with Crippen LogP contribution in [-0.2, 0) is 11.3 Å². The second-order valence-corrected chi connectivity index (χ2v) is 7.84. The lowest BCUT2D eigenvalue weighted by molar-refractivity contribution is -0.116. The average Bonchev–Trinajstić information content (AvgIpc) is 3.10. The van der Waals surface area contributed by atoms with Gasteiger partial charge in [-0.3, -0.25) is 24.5 Å². The van der Waals surface area contributed by atoms with Crippen LogP contribution in [0.5, 0.6) is 0 Å². The van der Waals surface area contributed by atoms with Crippen LogP contribution in [0.3, 0.4) is 0 Å². The molecule has 0 bridgehead atoms. The molecule has 8 nitrogen and oxygen atoms in total. The Kier molecular flexibility index (Phi) is 4.33. The Hall–Kier alpha value is -2.33. The zero-order chi connectivity index (χ0) is 17.4. The van der Waals surface area contributed by atoms with E-state index in [-0.39, 0.29) is 12.5 Å². The minimum Gasteiger partial charge on any atom is -0.299 e. The predicted molar refractivity (Wildman–Crippen MR) is 94.1 cm³/mol. The summed E-state index contributed by atoms with van der Waals surface area (Å²) in [5, 5.41) is 12.0. The van der Waals surface area contributed by atoms with E-state index in [0.717, 1.165) is 14.5 Å². The molecule has 3 aromatic rings. The zero-order valence-corrected chi connectivity index (χ0v) is 14.9. The second-order valence-electron chi connectivity index (χ2n) is 5.57. The molecule has 0 aliphatic carbocycles. The molecule has 1 amide bonds. The number of fused-ring (bicyclic) bond motifs is 1. The van der Waals surface area contributed by atoms with Crippen molar-refractivity contribution in [2.45, 2.75) is 33.2 Å². The number of hydrogen-bond acceptors (Lipinski definition) is 7. The van der Waals surface area contributed by atoms with Gasteiger partial charge in [0.2, 0.25) is 11.0 Å². The van der Waals surface area contributed by atoms with Gasteiger partial charge in [-0.25, -0.2) is 4.79 Å². The standard InChI is InChI=1S/C14H15N5O3S2/c1-6(2)10-17-18-13(24-10)15-9(20)5-19-12(21)8-4-7(3)23-11(8)16-14(19)22/h4,6H,5H2,1-3H3,(H,16,22)(H,15,18,20). The SMILES string of the molecule is Cc1cc2c(=O)n(CC(=O)Nc3nnc(C(C)C)s3)c(=O)[nH]c2s1. The van der Waals surface area contributed by atoms with Crippen LogP contribution in [0.2, 0.25) is 0 Å². The van der Waals surface area contributed by atoms with Crippen LogP contribution < -0.4 is 16.6 Å². The van der Waals surface area contributed by atoms with E-state index in [1.807, 2.05) is 20.8 Å². The quantitative estimate of drug-likeness (QED) is 0.731. The number of aromatic amines is 1. The van der Waals surface area contributed by atoms with Crippen LogP contribution in [-0.4, -0.2) is 25.7 Å². The van der Waals surface area contributed by atoms with E-state index in [0.29, 0.717) is 15.3 Å². The highest BCUT2D eigenvalue weighted by molar-refractivity contribution is 7.18. The molecule has 0 spiro atoms. The highest BCUT2D eigenvalue weighted by atomic mass is 32.1. The summed E-state index contributed by atoms with van der Waals surface area (Å²) < 4.78 is 0.883. The first kappa shape index (κ1) is 16.5. The maximum Gasteiger partial charge on any atom is 0.329 e. The van der Waals surface area contributed by atoms with Gasteiger partial charge in [0.25, 0.3) is 5.56 Å². The minimum atomic E-state index is -0.607. The van der Waals surface area contributed by atoms with Gasteiger partial charge in [0.05, 0.1) is 5.39 Å². The van der Waals surface area contributed by atoms with Crippen LogP contribution in [0.25, 0.3) is 10.2 Å². The van der Waals surface area contributed by atoms with Crippen molar-refractivity contribution in [2.75, 3.05) is 5.32 Å². The number of rotatable bonds is 4. The van der Waals surface area contributed by atoms with E-state index < -0.39 is 17.2 Å². The Bertz CT molecular complexity index is 1030. The van der Waals surface area contributed by atoms with Crippen LogP contribution in [0, 0.1) is 6.92 Å². The summed E-state index contributed by atoms with van der Waals surface area (Å²) in [6.45, 7) is 5.42. The predicted octanol–water partition coefficient (Wildman–Crippen LogP) is 1.67. The van der Waals surface area contributed by atoms with Gasteiger partial charge in [-0.05, 0) is 13.0 Å². The Labute approximate surface area is 144 Å². The van der Waals surface area contributed by atoms with Crippen molar-refractivity contribution in [2.24, 2.45) is 0 Å². The van der Waals surface area contributed by atoms with Crippen molar-refractivity contribution < 1.29 is 4.79 Å². The number of aromatic nitrogens is 4. The fraction of sp³-hybridized carbons (Fsp3) is 0.357. The van der Waals surface area contributed by atoms with E-state index in [4.69, 9.17) is 0 Å². The highest BCUT2D eigenvalue weighted by Gasteiger charge is 2.15. The Balaban J connectivity index is 1.85. The average molecular weight is 365 g/mol. The molecule has 2 N–H and O–H groups in total. The van der Waals surface area contributed by atoms with Crippen LogP contribution >= 0.6 is 22.7 Å². The van der Waals surface area contributed by atoms with Crippen LogP contribution in [0.1, 0.15) is 29.7 Å². The largest absolute Gasteiger partial charge is 0.329 e. The fourth-order valence-corrected chi connectivity index (χ4v) is 3.79. The van der Waals surface area contributed by atoms with Gasteiger partial charge in [0.1, 0.15) is 16.4 Å². The molecule has 0 unspecified atom stereocenters. The van der Waals surface area contributed by atoms with E-state index in [9.17, 15) is 14.4 Å². The summed E-state index contributed by atoms with van der Waals surface area (Å²) in [5.74, 6) is -0.289. The molecule has 3 rings (SSSR count). The third kappa shape index (κ3) is 3.15. The van der Waals surface area contributed by atoms with E-state index in [1.165, 1.54) is 22.7 Å². The monoisotopic (exact) mass is 365 g/mol. The minimum absolute atomic E-state index is 0.211. The van der Waals surface area contributed by atoms with Crippen molar-refractivity contribution in [3.63, 3.8) is 0 Å². The van der Waals surface area contributed by atoms with Gasteiger partial charge in [0, 0.05) is 10.8 Å². The van der Waals surface area contributed by atoms with Crippen molar-refractivity contribution >= 4 is 43.9 Å². The lowest BCUT2D eigenvalue weighted by Gasteiger charge is -2.04. The molecule has 3 heterocycles. The highest BCUT2D eigenvalue weighted by Crippen LogP contribution is 2.22. The Morgan fingerprint density at radius 3 is 2.75 bits per heavy atom. The third-order valence-corrected chi connectivity index (χ3v) is 5.38. The number of carbonyl (C=O) groups excluding carboxylic acids is 1. The molecule has 0 fully saturated rings. The van der Waals surface area contributed by atoms with Gasteiger partial charge in [-0.15, -0.1) is 21.5 Å². The summed E-state index contributed by atoms with van der Waals surface area (Å²) in [6.07, 6.45) is 0. The van der Waals surface area contributed by atoms with Gasteiger partial charge in [0.15, 0.2) is 0 Å². The van der Waals surface area contributed by atoms with Crippen LogP contribution in [0.15, 0.2) is 15.7 Å². The Morgan fingerprint density at radius 2 is 2.08 bits per heavy atom. The molecule has 0 saturated carbocycles. The van der Waals surface area contributed by atoms with E-state index in [2.05, 4.69) is 20.5 Å². The van der Waals surface area contributed by atoms with Crippen molar-refractivity contribution in [1.82, 2.24) is 19.7 Å². The maximum atomic E-state index is 12.4. The van der Waals surface area contributed by atoms with Gasteiger partial charge < -0.3 is 0 Å². The number of aryl methyl sites for hydroxylation is 1. The van der Waals surface area contributed by atoms with Gasteiger partial charge in [-0.2, -0.15) is 0 Å². The number of nitrogens with zero attached hydrogens (tertiary/aromatic N) is 3. The van der Waals surface area contributed by atoms with E-state index in [1.54, 1.807) is 6.07 Å². The molecule has 0 radical (unpaired) electrons. The number of thiophene rings is 1. The molecule has 3 aromatic heterocycles. The normalized spacial score (nSPS) is 11.3. The first-order valence-corrected chi connectivity index (χ1v) is 8.85. The molecule has 10 heteroatoms. The molecule has 0 aromatic carbocycles. The Morgan fingerprint density at radius 1 is 1.33 bits per heavy atom. The lowest BCUT2D eigenvalue weighted by atomic mass is 10.2. The summed E-state index contributed by atoms with van der Waals surface area (Å²) in [6, 6.07) is 1.70. The van der Waals surface area contributed by atoms with Gasteiger partial charge in [-0.1, -0.05) is 25.2 Å². The van der Waals surface area contributed by atoms with Crippen molar-refractivity contribution in [1.29, 1.82) is 0 Å². The smallest absolute Gasteiger partial charge is 0.299 e. The molecular weight excluding hydrogens is 350 g/mol. The number of carbonyl (C=O) groups is 1. The lowest BCUT2D eigenvalue weighted by Crippen LogP contribution is -2.38. The number of nitrogens with one attached hydrogen (secondary N) is 2. The third-order valence-electron chi connectivity index (χ3n) is 3.28. The van der Waals surface area contributed by atoms with Gasteiger partial charge >= 0.3 is 5.69 Å². The maximum absolute atomic E-state index is 12.4. The fourth-order valence-electron chi connectivity index (χ4n) is 2.13. The number of amides is 1. The molecule has 24 heavy (non-hydrogen) atoms. The molecule has 0 atom stereocenters. The van der Waals surface area contributed by atoms with Crippen molar-refractivity contribution in [3.8, 4) is 0 Å². The topological polar surface area (TPSA) is 110 Å². The first-order valence-electron chi connectivity index (χ1n) is 7.21. The van der Waals surface area contributed by atoms with E-state index >= 15 is 0 Å². The number of hydrogen-bond donors (Lipinski definition) is 2. The zero-order valence-electron chi connectivity index (χ0n) is 13.2. The summed E-state index contributed by atoms with van der Waals surface area (Å²) in [4.78, 5) is 40.6. The molecular formula is C14H15N5O3S2.